The summed E-state index contributed by atoms with van der Waals surface area (Å²) >= 11 is 16.4. The van der Waals surface area contributed by atoms with Crippen molar-refractivity contribution in [3.05, 3.63) is 59.2 Å². The number of hydrogen-bond donors (Lipinski definition) is 0. The van der Waals surface area contributed by atoms with Crippen molar-refractivity contribution in [1.29, 1.82) is 0 Å². The Balaban J connectivity index is 2.80. The molecule has 0 aliphatic carbocycles. The van der Waals surface area contributed by atoms with Crippen LogP contribution in [0.5, 0.6) is 0 Å². The zero-order chi connectivity index (χ0) is 15.6. The zero-order valence-corrected chi connectivity index (χ0v) is 12.7. The van der Waals surface area contributed by atoms with Crippen LogP contribution in [0.25, 0.3) is 11.1 Å². The second kappa shape index (κ2) is 6.39. The predicted molar refractivity (Wildman–Crippen MR) is 82.4 cm³/mol. The van der Waals surface area contributed by atoms with Crippen LogP contribution in [0.3, 0.4) is 0 Å². The van der Waals surface area contributed by atoms with Crippen LogP contribution in [0.2, 0.25) is 0 Å². The molecule has 0 saturated heterocycles. The third kappa shape index (κ3) is 3.32. The van der Waals surface area contributed by atoms with E-state index in [0.717, 1.165) is 5.56 Å². The lowest BCUT2D eigenvalue weighted by Gasteiger charge is -2.10. The van der Waals surface area contributed by atoms with Crippen LogP contribution in [-0.2, 0) is 0 Å². The molecule has 3 nitrogen and oxygen atoms in total. The van der Waals surface area contributed by atoms with Crippen molar-refractivity contribution in [2.24, 2.45) is 0 Å². The lowest BCUT2D eigenvalue weighted by atomic mass is 9.95. The molecular formula is C15H7Cl3O3. The van der Waals surface area contributed by atoms with Gasteiger partial charge >= 0.3 is 0 Å². The van der Waals surface area contributed by atoms with Gasteiger partial charge in [0.1, 0.15) is 0 Å². The van der Waals surface area contributed by atoms with Crippen molar-refractivity contribution in [2.75, 3.05) is 0 Å². The normalized spacial score (nSPS) is 10.2. The highest BCUT2D eigenvalue weighted by molar-refractivity contribution is 6.74. The predicted octanol–water partition coefficient (Wildman–Crippen LogP) is 4.49. The fraction of sp³-hybridized carbons (Fsp3) is 0. The molecule has 0 bridgehead atoms. The number of rotatable bonds is 4. The summed E-state index contributed by atoms with van der Waals surface area (Å²) in [5.41, 5.74) is 0.690. The first kappa shape index (κ1) is 15.7. The van der Waals surface area contributed by atoms with Crippen molar-refractivity contribution >= 4 is 50.5 Å². The second-order valence-corrected chi connectivity index (χ2v) is 5.16. The van der Waals surface area contributed by atoms with Crippen LogP contribution in [0.1, 0.15) is 31.1 Å². The van der Waals surface area contributed by atoms with Gasteiger partial charge < -0.3 is 0 Å². The second-order valence-electron chi connectivity index (χ2n) is 4.13. The Hall–Kier alpha value is -1.68. The number of hydrogen-bond acceptors (Lipinski definition) is 3. The summed E-state index contributed by atoms with van der Waals surface area (Å²) in [6.45, 7) is 0. The van der Waals surface area contributed by atoms with E-state index in [1.807, 2.05) is 6.07 Å². The first-order valence-corrected chi connectivity index (χ1v) is 6.88. The molecule has 2 aromatic carbocycles. The average Bonchev–Trinajstić information content (AvgIpc) is 2.46. The van der Waals surface area contributed by atoms with E-state index in [4.69, 9.17) is 34.8 Å². The third-order valence-corrected chi connectivity index (χ3v) is 3.46. The molecule has 0 N–H and O–H groups in total. The van der Waals surface area contributed by atoms with E-state index in [1.165, 1.54) is 12.1 Å². The van der Waals surface area contributed by atoms with Gasteiger partial charge in [0, 0.05) is 11.1 Å². The van der Waals surface area contributed by atoms with E-state index < -0.39 is 15.7 Å². The van der Waals surface area contributed by atoms with Crippen LogP contribution >= 0.6 is 34.8 Å². The van der Waals surface area contributed by atoms with Crippen LogP contribution in [-0.4, -0.2) is 15.7 Å². The van der Waals surface area contributed by atoms with Crippen molar-refractivity contribution in [1.82, 2.24) is 0 Å². The van der Waals surface area contributed by atoms with Crippen LogP contribution in [0, 0.1) is 0 Å². The van der Waals surface area contributed by atoms with E-state index in [9.17, 15) is 14.4 Å². The van der Waals surface area contributed by atoms with Crippen LogP contribution < -0.4 is 0 Å². The molecule has 6 heteroatoms. The molecule has 0 aliphatic heterocycles. The van der Waals surface area contributed by atoms with E-state index in [1.54, 1.807) is 24.3 Å². The van der Waals surface area contributed by atoms with Gasteiger partial charge in [0.15, 0.2) is 0 Å². The number of halogens is 3. The average molecular weight is 342 g/mol. The van der Waals surface area contributed by atoms with Crippen molar-refractivity contribution in [3.8, 4) is 11.1 Å². The highest BCUT2D eigenvalue weighted by Crippen LogP contribution is 2.29. The minimum atomic E-state index is -0.970. The van der Waals surface area contributed by atoms with Gasteiger partial charge in [-0.15, -0.1) is 0 Å². The Morgan fingerprint density at radius 1 is 0.667 bits per heavy atom. The number of benzene rings is 2. The Morgan fingerprint density at radius 3 is 1.52 bits per heavy atom. The van der Waals surface area contributed by atoms with Crippen molar-refractivity contribution in [3.63, 3.8) is 0 Å². The molecule has 106 valence electrons. The van der Waals surface area contributed by atoms with Gasteiger partial charge in [-0.3, -0.25) is 14.4 Å². The molecule has 0 unspecified atom stereocenters. The molecule has 2 aromatic rings. The highest BCUT2D eigenvalue weighted by atomic mass is 35.5. The monoisotopic (exact) mass is 340 g/mol. The van der Waals surface area contributed by atoms with Crippen LogP contribution in [0.15, 0.2) is 42.5 Å². The summed E-state index contributed by atoms with van der Waals surface area (Å²) < 4.78 is 0. The highest BCUT2D eigenvalue weighted by Gasteiger charge is 2.23. The number of carbonyl (C=O) groups excluding carboxylic acids is 3. The maximum Gasteiger partial charge on any atom is 0.253 e. The molecule has 2 rings (SSSR count). The smallest absolute Gasteiger partial charge is 0.253 e. The van der Waals surface area contributed by atoms with E-state index in [2.05, 4.69) is 0 Å². The van der Waals surface area contributed by atoms with Gasteiger partial charge in [0.2, 0.25) is 0 Å². The fourth-order valence-electron chi connectivity index (χ4n) is 1.96. The molecule has 0 fully saturated rings. The quantitative estimate of drug-likeness (QED) is 0.770. The summed E-state index contributed by atoms with van der Waals surface area (Å²) in [5.74, 6) is 0. The Morgan fingerprint density at radius 2 is 1.14 bits per heavy atom. The van der Waals surface area contributed by atoms with E-state index >= 15 is 0 Å². The Labute approximate surface area is 135 Å². The molecule has 0 heterocycles. The molecule has 0 aliphatic rings. The van der Waals surface area contributed by atoms with Crippen molar-refractivity contribution < 1.29 is 14.4 Å². The van der Waals surface area contributed by atoms with Gasteiger partial charge in [-0.25, -0.2) is 0 Å². The largest absolute Gasteiger partial charge is 0.276 e. The fourth-order valence-corrected chi connectivity index (χ4v) is 2.46. The topological polar surface area (TPSA) is 51.2 Å². The molecular weight excluding hydrogens is 335 g/mol. The minimum absolute atomic E-state index is 0.151. The summed E-state index contributed by atoms with van der Waals surface area (Å²) in [5, 5.41) is -2.76. The molecule has 0 saturated carbocycles. The van der Waals surface area contributed by atoms with Gasteiger partial charge in [-0.1, -0.05) is 30.3 Å². The summed E-state index contributed by atoms with van der Waals surface area (Å²) in [4.78, 5) is 34.5. The SMILES string of the molecule is O=C(Cl)c1cc(-c2ccccc2)cc(C(=O)Cl)c1C(=O)Cl. The first-order chi connectivity index (χ1) is 9.91. The van der Waals surface area contributed by atoms with E-state index in [-0.39, 0.29) is 16.7 Å². The Kier molecular flexibility index (Phi) is 4.78. The summed E-state index contributed by atoms with van der Waals surface area (Å²) in [6, 6.07) is 11.8. The lowest BCUT2D eigenvalue weighted by molar-refractivity contribution is 0.104. The van der Waals surface area contributed by atoms with Gasteiger partial charge in [-0.05, 0) is 58.1 Å². The minimum Gasteiger partial charge on any atom is -0.276 e. The molecule has 0 aromatic heterocycles. The van der Waals surface area contributed by atoms with Crippen molar-refractivity contribution in [2.45, 2.75) is 0 Å². The molecule has 0 amide bonds. The molecule has 0 spiro atoms. The maximum absolute atomic E-state index is 11.5. The maximum atomic E-state index is 11.5. The van der Waals surface area contributed by atoms with Crippen LogP contribution in [0.4, 0.5) is 0 Å². The Bertz CT molecular complexity index is 704. The van der Waals surface area contributed by atoms with E-state index in [0.29, 0.717) is 5.56 Å². The summed E-state index contributed by atoms with van der Waals surface area (Å²) in [7, 11) is 0. The molecule has 0 radical (unpaired) electrons. The summed E-state index contributed by atoms with van der Waals surface area (Å²) in [6.07, 6.45) is 0. The van der Waals surface area contributed by atoms with Gasteiger partial charge in [-0.2, -0.15) is 0 Å². The lowest BCUT2D eigenvalue weighted by Crippen LogP contribution is -2.08. The molecule has 21 heavy (non-hydrogen) atoms. The van der Waals surface area contributed by atoms with Gasteiger partial charge in [0.05, 0.1) is 5.56 Å². The standard InChI is InChI=1S/C15H7Cl3O3/c16-13(19)10-6-9(8-4-2-1-3-5-8)7-11(14(17)20)12(10)15(18)21/h1-7H. The zero-order valence-electron chi connectivity index (χ0n) is 10.4. The third-order valence-electron chi connectivity index (χ3n) is 2.87. The first-order valence-electron chi connectivity index (χ1n) is 5.74. The number of carbonyl (C=O) groups is 3. The molecule has 0 atom stereocenters. The van der Waals surface area contributed by atoms with Gasteiger partial charge in [0.25, 0.3) is 15.7 Å².